The summed E-state index contributed by atoms with van der Waals surface area (Å²) in [5.41, 5.74) is 16.7. The lowest BCUT2D eigenvalue weighted by atomic mass is 9.82. The van der Waals surface area contributed by atoms with Crippen molar-refractivity contribution in [1.29, 1.82) is 0 Å². The summed E-state index contributed by atoms with van der Waals surface area (Å²) < 4.78 is 2.38. The quantitative estimate of drug-likeness (QED) is 0.174. The molecule has 53 heavy (non-hydrogen) atoms. The van der Waals surface area contributed by atoms with Gasteiger partial charge in [0.05, 0.1) is 11.0 Å². The average Bonchev–Trinajstić information content (AvgIpc) is 3.67. The van der Waals surface area contributed by atoms with Crippen molar-refractivity contribution in [2.45, 2.75) is 44.6 Å². The van der Waals surface area contributed by atoms with Gasteiger partial charge in [-0.25, -0.2) is 0 Å². The maximum Gasteiger partial charge on any atom is 0.0541 e. The highest BCUT2D eigenvalue weighted by atomic mass is 15.2. The molecule has 0 saturated carbocycles. The van der Waals surface area contributed by atoms with Gasteiger partial charge in [-0.3, -0.25) is 4.98 Å². The van der Waals surface area contributed by atoms with Crippen molar-refractivity contribution in [2.75, 3.05) is 4.90 Å². The second kappa shape index (κ2) is 12.5. The highest BCUT2D eigenvalue weighted by Crippen LogP contribution is 2.50. The van der Waals surface area contributed by atoms with Crippen LogP contribution in [0.2, 0.25) is 0 Å². The standard InChI is InChI=1S/C50H41N3/c1-50(2)46-16-8-6-14-42(46)43-28-27-41(32-47(43)50)52(40-25-20-35(21-26-40)37-11-10-30-51-33-37)39-23-18-34(19-24-39)36-22-29-49-45(31-36)44-15-7-9-17-48(44)53(49)38-12-4-3-5-13-38/h3-20,22-24,27-33,40H,21,25-26H2,1-2H3. The Morgan fingerprint density at radius 1 is 0.604 bits per heavy atom. The monoisotopic (exact) mass is 683 g/mol. The van der Waals surface area contributed by atoms with E-state index in [9.17, 15) is 0 Å². The van der Waals surface area contributed by atoms with Crippen LogP contribution in [0, 0.1) is 0 Å². The molecule has 2 heterocycles. The van der Waals surface area contributed by atoms with Crippen molar-refractivity contribution < 1.29 is 0 Å². The fourth-order valence-corrected chi connectivity index (χ4v) is 9.10. The highest BCUT2D eigenvalue weighted by Gasteiger charge is 2.36. The predicted molar refractivity (Wildman–Crippen MR) is 222 cm³/mol. The summed E-state index contributed by atoms with van der Waals surface area (Å²) in [5, 5.41) is 2.54. The van der Waals surface area contributed by atoms with E-state index in [1.807, 2.05) is 18.5 Å². The van der Waals surface area contributed by atoms with Crippen LogP contribution in [0.5, 0.6) is 0 Å². The van der Waals surface area contributed by atoms with Crippen LogP contribution >= 0.6 is 0 Å². The van der Waals surface area contributed by atoms with Gasteiger partial charge in [-0.15, -0.1) is 0 Å². The van der Waals surface area contributed by atoms with Crippen LogP contribution in [-0.4, -0.2) is 15.6 Å². The third-order valence-corrected chi connectivity index (χ3v) is 11.8. The molecule has 0 N–H and O–H groups in total. The minimum atomic E-state index is -0.0559. The first-order chi connectivity index (χ1) is 26.0. The number of hydrogen-bond donors (Lipinski definition) is 0. The van der Waals surface area contributed by atoms with E-state index in [4.69, 9.17) is 0 Å². The number of anilines is 2. The van der Waals surface area contributed by atoms with Gasteiger partial charge in [0, 0.05) is 51.7 Å². The molecule has 0 saturated heterocycles. The summed E-state index contributed by atoms with van der Waals surface area (Å²) in [5.74, 6) is 0. The predicted octanol–water partition coefficient (Wildman–Crippen LogP) is 12.9. The van der Waals surface area contributed by atoms with Crippen LogP contribution < -0.4 is 4.90 Å². The summed E-state index contributed by atoms with van der Waals surface area (Å²) in [7, 11) is 0. The van der Waals surface area contributed by atoms with Gasteiger partial charge in [0.25, 0.3) is 0 Å². The van der Waals surface area contributed by atoms with Gasteiger partial charge in [-0.1, -0.05) is 111 Å². The summed E-state index contributed by atoms with van der Waals surface area (Å²) in [6.07, 6.45) is 9.39. The van der Waals surface area contributed by atoms with E-state index in [1.165, 1.54) is 83.4 Å². The fourth-order valence-electron chi connectivity index (χ4n) is 9.10. The Kier molecular flexibility index (Phi) is 7.43. The Morgan fingerprint density at radius 2 is 1.34 bits per heavy atom. The van der Waals surface area contributed by atoms with Crippen LogP contribution in [-0.2, 0) is 5.41 Å². The van der Waals surface area contributed by atoms with Crippen molar-refractivity contribution >= 4 is 38.8 Å². The number of benzene rings is 6. The van der Waals surface area contributed by atoms with Crippen LogP contribution in [0.3, 0.4) is 0 Å². The molecular formula is C50H41N3. The molecule has 0 spiro atoms. The summed E-state index contributed by atoms with van der Waals surface area (Å²) in [6, 6.07) is 56.3. The van der Waals surface area contributed by atoms with Gasteiger partial charge in [-0.05, 0) is 124 Å². The van der Waals surface area contributed by atoms with E-state index in [0.717, 1.165) is 19.3 Å². The smallest absolute Gasteiger partial charge is 0.0541 e. The Bertz CT molecular complexity index is 2660. The molecule has 1 unspecified atom stereocenters. The van der Waals surface area contributed by atoms with Gasteiger partial charge < -0.3 is 9.47 Å². The zero-order valence-corrected chi connectivity index (χ0v) is 30.2. The maximum absolute atomic E-state index is 4.40. The number of fused-ring (bicyclic) bond motifs is 6. The van der Waals surface area contributed by atoms with Crippen molar-refractivity contribution in [2.24, 2.45) is 0 Å². The first-order valence-electron chi connectivity index (χ1n) is 18.9. The molecule has 0 aliphatic heterocycles. The normalized spacial score (nSPS) is 16.0. The summed E-state index contributed by atoms with van der Waals surface area (Å²) in [6.45, 7) is 4.75. The summed E-state index contributed by atoms with van der Waals surface area (Å²) in [4.78, 5) is 7.01. The van der Waals surface area contributed by atoms with Gasteiger partial charge in [0.1, 0.15) is 0 Å². The highest BCUT2D eigenvalue weighted by molar-refractivity contribution is 6.10. The second-order valence-corrected chi connectivity index (χ2v) is 15.1. The molecule has 3 nitrogen and oxygen atoms in total. The van der Waals surface area contributed by atoms with E-state index in [2.05, 4.69) is 180 Å². The molecule has 0 fully saturated rings. The van der Waals surface area contributed by atoms with Crippen LogP contribution in [0.1, 0.15) is 49.8 Å². The number of rotatable bonds is 6. The van der Waals surface area contributed by atoms with Crippen molar-refractivity contribution in [3.8, 4) is 27.9 Å². The maximum atomic E-state index is 4.40. The molecule has 6 aromatic carbocycles. The molecule has 3 heteroatoms. The molecule has 10 rings (SSSR count). The van der Waals surface area contributed by atoms with Gasteiger partial charge >= 0.3 is 0 Å². The number of hydrogen-bond acceptors (Lipinski definition) is 2. The van der Waals surface area contributed by atoms with Gasteiger partial charge in [0.15, 0.2) is 0 Å². The van der Waals surface area contributed by atoms with Crippen molar-refractivity contribution in [3.63, 3.8) is 0 Å². The van der Waals surface area contributed by atoms with Crippen LogP contribution in [0.4, 0.5) is 11.4 Å². The molecule has 0 amide bonds. The molecule has 1 atom stereocenters. The topological polar surface area (TPSA) is 21.1 Å². The lowest BCUT2D eigenvalue weighted by Gasteiger charge is -2.37. The van der Waals surface area contributed by atoms with E-state index < -0.39 is 0 Å². The molecular weight excluding hydrogens is 643 g/mol. The molecule has 0 radical (unpaired) electrons. The molecule has 2 aliphatic rings. The lowest BCUT2D eigenvalue weighted by Crippen LogP contribution is -2.32. The third-order valence-electron chi connectivity index (χ3n) is 11.8. The zero-order chi connectivity index (χ0) is 35.5. The van der Waals surface area contributed by atoms with Gasteiger partial charge in [-0.2, -0.15) is 0 Å². The van der Waals surface area contributed by atoms with Crippen LogP contribution in [0.25, 0.3) is 55.3 Å². The Labute approximate surface area is 311 Å². The first-order valence-corrected chi connectivity index (χ1v) is 18.9. The number of allylic oxidation sites excluding steroid dienone is 1. The Morgan fingerprint density at radius 3 is 2.15 bits per heavy atom. The molecule has 8 aromatic rings. The van der Waals surface area contributed by atoms with E-state index >= 15 is 0 Å². The first kappa shape index (κ1) is 31.5. The molecule has 0 bridgehead atoms. The number of pyridine rings is 1. The summed E-state index contributed by atoms with van der Waals surface area (Å²) >= 11 is 0. The molecule has 256 valence electrons. The molecule has 2 aliphatic carbocycles. The number of aromatic nitrogens is 2. The van der Waals surface area contributed by atoms with Gasteiger partial charge in [0.2, 0.25) is 0 Å². The largest absolute Gasteiger partial charge is 0.338 e. The van der Waals surface area contributed by atoms with Crippen molar-refractivity contribution in [3.05, 3.63) is 187 Å². The minimum absolute atomic E-state index is 0.0559. The van der Waals surface area contributed by atoms with E-state index in [0.29, 0.717) is 6.04 Å². The zero-order valence-electron chi connectivity index (χ0n) is 30.2. The SMILES string of the molecule is CC1(C)c2ccccc2-c2ccc(N(c3ccc(-c4ccc5c(c4)c4ccccc4n5-c4ccccc4)cc3)C3CC=C(c4cccnc4)CC3)cc21. The Balaban J connectivity index is 1.04. The number of para-hydroxylation sites is 2. The van der Waals surface area contributed by atoms with Crippen LogP contribution in [0.15, 0.2) is 170 Å². The van der Waals surface area contributed by atoms with E-state index in [-0.39, 0.29) is 5.41 Å². The second-order valence-electron chi connectivity index (χ2n) is 15.1. The Hall–Kier alpha value is -6.19. The van der Waals surface area contributed by atoms with Crippen molar-refractivity contribution in [1.82, 2.24) is 9.55 Å². The fraction of sp³-hybridized carbons (Fsp3) is 0.140. The lowest BCUT2D eigenvalue weighted by molar-refractivity contribution is 0.596. The van der Waals surface area contributed by atoms with E-state index in [1.54, 1.807) is 0 Å². The molecule has 2 aromatic heterocycles. The minimum Gasteiger partial charge on any atom is -0.338 e. The number of nitrogens with zero attached hydrogens (tertiary/aromatic N) is 3. The third kappa shape index (κ3) is 5.22. The average molecular weight is 684 g/mol.